The van der Waals surface area contributed by atoms with Gasteiger partial charge in [-0.2, -0.15) is 0 Å². The number of halogens is 1. The first-order valence-electron chi connectivity index (χ1n) is 8.10. The third kappa shape index (κ3) is 3.75. The van der Waals surface area contributed by atoms with Gasteiger partial charge in [-0.1, -0.05) is 17.7 Å². The van der Waals surface area contributed by atoms with Crippen LogP contribution in [-0.2, 0) is 4.79 Å². The van der Waals surface area contributed by atoms with Crippen molar-refractivity contribution >= 4 is 29.1 Å². The number of carbonyl (C=O) groups excluding carboxylic acids is 2. The monoisotopic (exact) mass is 374 g/mol. The predicted molar refractivity (Wildman–Crippen MR) is 99.2 cm³/mol. The fraction of sp³-hybridized carbons (Fsp3) is 0.263. The molecular formula is C19H19ClN2O4. The molecule has 1 unspecified atom stereocenters. The summed E-state index contributed by atoms with van der Waals surface area (Å²) in [5.41, 5.74) is 1.08. The van der Waals surface area contributed by atoms with Gasteiger partial charge in [0.2, 0.25) is 5.91 Å². The molecule has 26 heavy (non-hydrogen) atoms. The van der Waals surface area contributed by atoms with Crippen molar-refractivity contribution in [2.75, 3.05) is 25.7 Å². The van der Waals surface area contributed by atoms with Crippen LogP contribution in [0, 0.1) is 0 Å². The SMILES string of the molecule is COc1cccc(N2CC(NC(=O)c3cc(Cl)ccc3OC)CC2=O)c1. The summed E-state index contributed by atoms with van der Waals surface area (Å²) < 4.78 is 10.4. The lowest BCUT2D eigenvalue weighted by Gasteiger charge is -2.18. The molecule has 7 heteroatoms. The van der Waals surface area contributed by atoms with E-state index < -0.39 is 0 Å². The van der Waals surface area contributed by atoms with E-state index in [0.29, 0.717) is 28.6 Å². The number of hydrogen-bond donors (Lipinski definition) is 1. The van der Waals surface area contributed by atoms with Crippen molar-refractivity contribution in [1.29, 1.82) is 0 Å². The molecule has 0 spiro atoms. The average molecular weight is 375 g/mol. The number of anilines is 1. The topological polar surface area (TPSA) is 67.9 Å². The van der Waals surface area contributed by atoms with Crippen molar-refractivity contribution < 1.29 is 19.1 Å². The molecule has 0 bridgehead atoms. The molecule has 0 radical (unpaired) electrons. The third-order valence-corrected chi connectivity index (χ3v) is 4.47. The lowest BCUT2D eigenvalue weighted by Crippen LogP contribution is -2.37. The van der Waals surface area contributed by atoms with Crippen LogP contribution in [0.3, 0.4) is 0 Å². The first-order chi connectivity index (χ1) is 12.5. The lowest BCUT2D eigenvalue weighted by molar-refractivity contribution is -0.117. The highest BCUT2D eigenvalue weighted by Gasteiger charge is 2.32. The van der Waals surface area contributed by atoms with Gasteiger partial charge in [0.1, 0.15) is 11.5 Å². The Morgan fingerprint density at radius 2 is 2.00 bits per heavy atom. The maximum absolute atomic E-state index is 12.6. The fourth-order valence-electron chi connectivity index (χ4n) is 2.95. The smallest absolute Gasteiger partial charge is 0.255 e. The predicted octanol–water partition coefficient (Wildman–Crippen LogP) is 2.89. The Kier molecular flexibility index (Phi) is 5.32. The fourth-order valence-corrected chi connectivity index (χ4v) is 3.13. The highest BCUT2D eigenvalue weighted by molar-refractivity contribution is 6.31. The van der Waals surface area contributed by atoms with Crippen LogP contribution in [0.5, 0.6) is 11.5 Å². The number of carbonyl (C=O) groups is 2. The van der Waals surface area contributed by atoms with Gasteiger partial charge in [-0.3, -0.25) is 9.59 Å². The molecule has 1 fully saturated rings. The number of nitrogens with zero attached hydrogens (tertiary/aromatic N) is 1. The minimum atomic E-state index is -0.324. The average Bonchev–Trinajstić information content (AvgIpc) is 3.01. The van der Waals surface area contributed by atoms with Gasteiger partial charge in [0, 0.05) is 29.7 Å². The number of nitrogens with one attached hydrogen (secondary N) is 1. The van der Waals surface area contributed by atoms with Gasteiger partial charge in [0.25, 0.3) is 5.91 Å². The van der Waals surface area contributed by atoms with Crippen molar-refractivity contribution in [2.24, 2.45) is 0 Å². The van der Waals surface area contributed by atoms with Crippen LogP contribution >= 0.6 is 11.6 Å². The molecule has 0 aromatic heterocycles. The first-order valence-corrected chi connectivity index (χ1v) is 8.48. The molecular weight excluding hydrogens is 356 g/mol. The molecule has 1 saturated heterocycles. The molecule has 1 aliphatic heterocycles. The standard InChI is InChI=1S/C19H19ClN2O4/c1-25-15-5-3-4-14(10-15)22-11-13(9-18(22)23)21-19(24)16-8-12(20)6-7-17(16)26-2/h3-8,10,13H,9,11H2,1-2H3,(H,21,24). The van der Waals surface area contributed by atoms with Crippen LogP contribution in [0.1, 0.15) is 16.8 Å². The zero-order valence-electron chi connectivity index (χ0n) is 14.5. The molecule has 0 saturated carbocycles. The minimum absolute atomic E-state index is 0.0541. The van der Waals surface area contributed by atoms with E-state index in [9.17, 15) is 9.59 Å². The summed E-state index contributed by atoms with van der Waals surface area (Å²) in [6, 6.07) is 11.8. The number of amides is 2. The number of methoxy groups -OCH3 is 2. The summed E-state index contributed by atoms with van der Waals surface area (Å²) in [4.78, 5) is 26.6. The molecule has 1 atom stereocenters. The Bertz CT molecular complexity index is 840. The van der Waals surface area contributed by atoms with Crippen molar-refractivity contribution in [3.63, 3.8) is 0 Å². The summed E-state index contributed by atoms with van der Waals surface area (Å²) >= 11 is 5.98. The Morgan fingerprint density at radius 1 is 1.19 bits per heavy atom. The molecule has 6 nitrogen and oxygen atoms in total. The maximum atomic E-state index is 12.6. The highest BCUT2D eigenvalue weighted by Crippen LogP contribution is 2.26. The quantitative estimate of drug-likeness (QED) is 0.873. The Labute approximate surface area is 156 Å². The highest BCUT2D eigenvalue weighted by atomic mass is 35.5. The molecule has 1 heterocycles. The van der Waals surface area contributed by atoms with Gasteiger partial charge in [-0.05, 0) is 30.3 Å². The van der Waals surface area contributed by atoms with Crippen LogP contribution in [-0.4, -0.2) is 38.6 Å². The second-order valence-electron chi connectivity index (χ2n) is 5.92. The molecule has 2 amide bonds. The van der Waals surface area contributed by atoms with Crippen LogP contribution in [0.4, 0.5) is 5.69 Å². The third-order valence-electron chi connectivity index (χ3n) is 4.23. The van der Waals surface area contributed by atoms with E-state index in [2.05, 4.69) is 5.32 Å². The van der Waals surface area contributed by atoms with E-state index in [1.165, 1.54) is 7.11 Å². The molecule has 2 aromatic rings. The van der Waals surface area contributed by atoms with E-state index in [-0.39, 0.29) is 24.3 Å². The molecule has 1 aliphatic rings. The summed E-state index contributed by atoms with van der Waals surface area (Å²) in [6.07, 6.45) is 0.228. The Hall–Kier alpha value is -2.73. The van der Waals surface area contributed by atoms with E-state index in [1.807, 2.05) is 18.2 Å². The van der Waals surface area contributed by atoms with Crippen molar-refractivity contribution in [2.45, 2.75) is 12.5 Å². The minimum Gasteiger partial charge on any atom is -0.497 e. The van der Waals surface area contributed by atoms with Gasteiger partial charge in [-0.15, -0.1) is 0 Å². The number of benzene rings is 2. The van der Waals surface area contributed by atoms with E-state index in [0.717, 1.165) is 5.69 Å². The first kappa shape index (κ1) is 18.1. The second kappa shape index (κ2) is 7.66. The zero-order chi connectivity index (χ0) is 18.7. The van der Waals surface area contributed by atoms with Crippen LogP contribution in [0.2, 0.25) is 5.02 Å². The van der Waals surface area contributed by atoms with Crippen molar-refractivity contribution in [3.8, 4) is 11.5 Å². The van der Waals surface area contributed by atoms with Gasteiger partial charge >= 0.3 is 0 Å². The number of ether oxygens (including phenoxy) is 2. The van der Waals surface area contributed by atoms with Crippen LogP contribution in [0.15, 0.2) is 42.5 Å². The molecule has 2 aromatic carbocycles. The maximum Gasteiger partial charge on any atom is 0.255 e. The van der Waals surface area contributed by atoms with Crippen molar-refractivity contribution in [3.05, 3.63) is 53.1 Å². The normalized spacial score (nSPS) is 16.5. The summed E-state index contributed by atoms with van der Waals surface area (Å²) in [5.74, 6) is 0.726. The van der Waals surface area contributed by atoms with Gasteiger partial charge in [0.05, 0.1) is 25.8 Å². The zero-order valence-corrected chi connectivity index (χ0v) is 15.2. The van der Waals surface area contributed by atoms with Crippen LogP contribution < -0.4 is 19.7 Å². The summed E-state index contributed by atoms with van der Waals surface area (Å²) in [5, 5.41) is 3.33. The van der Waals surface area contributed by atoms with Crippen molar-refractivity contribution in [1.82, 2.24) is 5.32 Å². The number of rotatable bonds is 5. The Balaban J connectivity index is 1.73. The summed E-state index contributed by atoms with van der Waals surface area (Å²) in [6.45, 7) is 0.390. The molecule has 0 aliphatic carbocycles. The lowest BCUT2D eigenvalue weighted by atomic mass is 10.1. The summed E-state index contributed by atoms with van der Waals surface area (Å²) in [7, 11) is 3.07. The largest absolute Gasteiger partial charge is 0.497 e. The van der Waals surface area contributed by atoms with E-state index >= 15 is 0 Å². The van der Waals surface area contributed by atoms with Crippen LogP contribution in [0.25, 0.3) is 0 Å². The van der Waals surface area contributed by atoms with Gasteiger partial charge in [0.15, 0.2) is 0 Å². The Morgan fingerprint density at radius 3 is 2.73 bits per heavy atom. The van der Waals surface area contributed by atoms with E-state index in [4.69, 9.17) is 21.1 Å². The van der Waals surface area contributed by atoms with E-state index in [1.54, 1.807) is 36.3 Å². The number of hydrogen-bond acceptors (Lipinski definition) is 4. The molecule has 136 valence electrons. The second-order valence-corrected chi connectivity index (χ2v) is 6.36. The molecule has 3 rings (SSSR count). The van der Waals surface area contributed by atoms with Gasteiger partial charge in [-0.25, -0.2) is 0 Å². The van der Waals surface area contributed by atoms with Gasteiger partial charge < -0.3 is 19.7 Å². The molecule has 1 N–H and O–H groups in total.